The van der Waals surface area contributed by atoms with Crippen molar-refractivity contribution >= 4 is 5.69 Å². The Morgan fingerprint density at radius 2 is 2.24 bits per heavy atom. The van der Waals surface area contributed by atoms with Crippen molar-refractivity contribution in [3.05, 3.63) is 39.9 Å². The average molecular weight is 236 g/mol. The Labute approximate surface area is 99.6 Å². The molecule has 0 spiro atoms. The van der Waals surface area contributed by atoms with E-state index in [1.165, 1.54) is 6.07 Å². The molecule has 1 fully saturated rings. The van der Waals surface area contributed by atoms with Gasteiger partial charge in [-0.25, -0.2) is 0 Å². The molecule has 1 aromatic rings. The Morgan fingerprint density at radius 1 is 1.47 bits per heavy atom. The first kappa shape index (κ1) is 12.0. The first-order valence-corrected chi connectivity index (χ1v) is 5.77. The van der Waals surface area contributed by atoms with E-state index in [0.717, 1.165) is 24.9 Å². The molecule has 17 heavy (non-hydrogen) atoms. The van der Waals surface area contributed by atoms with Gasteiger partial charge in [-0.15, -0.1) is 0 Å². The fraction of sp³-hybridized carbons (Fsp3) is 0.500. The van der Waals surface area contributed by atoms with Gasteiger partial charge in [0, 0.05) is 18.7 Å². The number of hydrogen-bond donors (Lipinski definition) is 2. The summed E-state index contributed by atoms with van der Waals surface area (Å²) in [6.45, 7) is 1.49. The van der Waals surface area contributed by atoms with Crippen LogP contribution in [-0.4, -0.2) is 22.7 Å². The first-order chi connectivity index (χ1) is 8.15. The number of nitrogens with one attached hydrogen (secondary N) is 1. The quantitative estimate of drug-likeness (QED) is 0.599. The van der Waals surface area contributed by atoms with Gasteiger partial charge >= 0.3 is 0 Å². The largest absolute Gasteiger partial charge is 0.393 e. The van der Waals surface area contributed by atoms with Crippen molar-refractivity contribution in [3.63, 3.8) is 0 Å². The molecule has 92 valence electrons. The summed E-state index contributed by atoms with van der Waals surface area (Å²) in [5.41, 5.74) is 1.04. The van der Waals surface area contributed by atoms with Crippen molar-refractivity contribution in [3.8, 4) is 0 Å². The normalized spacial score (nSPS) is 23.1. The Bertz CT molecular complexity index is 402. The van der Waals surface area contributed by atoms with Gasteiger partial charge in [-0.2, -0.15) is 0 Å². The number of rotatable bonds is 5. The van der Waals surface area contributed by atoms with Gasteiger partial charge in [0.15, 0.2) is 0 Å². The molecule has 2 N–H and O–H groups in total. The van der Waals surface area contributed by atoms with Gasteiger partial charge in [0.2, 0.25) is 0 Å². The predicted molar refractivity (Wildman–Crippen MR) is 63.5 cm³/mol. The van der Waals surface area contributed by atoms with Crippen molar-refractivity contribution in [2.45, 2.75) is 25.5 Å². The van der Waals surface area contributed by atoms with E-state index in [2.05, 4.69) is 5.32 Å². The summed E-state index contributed by atoms with van der Waals surface area (Å²) in [7, 11) is 0. The fourth-order valence-electron chi connectivity index (χ4n) is 2.07. The molecule has 0 aliphatic heterocycles. The fourth-order valence-corrected chi connectivity index (χ4v) is 2.07. The molecular formula is C12H16N2O3. The molecule has 0 atom stereocenters. The van der Waals surface area contributed by atoms with Crippen LogP contribution < -0.4 is 5.32 Å². The summed E-state index contributed by atoms with van der Waals surface area (Å²) in [4.78, 5) is 10.2. The number of hydrogen-bond acceptors (Lipinski definition) is 4. The van der Waals surface area contributed by atoms with Gasteiger partial charge in [0.05, 0.1) is 11.0 Å². The van der Waals surface area contributed by atoms with Crippen LogP contribution in [0.4, 0.5) is 5.69 Å². The van der Waals surface area contributed by atoms with Gasteiger partial charge in [-0.3, -0.25) is 10.1 Å². The van der Waals surface area contributed by atoms with E-state index in [-0.39, 0.29) is 16.7 Å². The molecule has 0 saturated heterocycles. The summed E-state index contributed by atoms with van der Waals surface area (Å²) in [5, 5.41) is 23.0. The highest BCUT2D eigenvalue weighted by atomic mass is 16.6. The van der Waals surface area contributed by atoms with E-state index >= 15 is 0 Å². The van der Waals surface area contributed by atoms with Crippen LogP contribution in [0.25, 0.3) is 0 Å². The molecule has 1 saturated carbocycles. The number of benzene rings is 1. The van der Waals surface area contributed by atoms with Gasteiger partial charge in [0.1, 0.15) is 0 Å². The lowest BCUT2D eigenvalue weighted by Crippen LogP contribution is -2.35. The molecule has 5 heteroatoms. The third-order valence-electron chi connectivity index (χ3n) is 3.09. The van der Waals surface area contributed by atoms with Gasteiger partial charge < -0.3 is 10.4 Å². The molecule has 0 unspecified atom stereocenters. The summed E-state index contributed by atoms with van der Waals surface area (Å²) < 4.78 is 0. The van der Waals surface area contributed by atoms with Gasteiger partial charge in [-0.1, -0.05) is 12.1 Å². The minimum atomic E-state index is -0.383. The molecule has 0 heterocycles. The van der Waals surface area contributed by atoms with Crippen molar-refractivity contribution in [1.29, 1.82) is 0 Å². The summed E-state index contributed by atoms with van der Waals surface area (Å²) >= 11 is 0. The number of nitro benzene ring substituents is 1. The molecule has 1 aliphatic rings. The second kappa shape index (κ2) is 5.25. The number of aliphatic hydroxyl groups is 1. The zero-order chi connectivity index (χ0) is 12.3. The number of aliphatic hydroxyl groups excluding tert-OH is 1. The SMILES string of the molecule is O=[N+]([O-])c1cccc(CNCC2CC(O)C2)c1. The minimum absolute atomic E-state index is 0.125. The van der Waals surface area contributed by atoms with Crippen LogP contribution >= 0.6 is 0 Å². The van der Waals surface area contributed by atoms with E-state index in [9.17, 15) is 10.1 Å². The molecule has 0 radical (unpaired) electrons. The van der Waals surface area contributed by atoms with Crippen molar-refractivity contribution < 1.29 is 10.0 Å². The number of nitrogens with zero attached hydrogens (tertiary/aromatic N) is 1. The van der Waals surface area contributed by atoms with Crippen LogP contribution in [0, 0.1) is 16.0 Å². The van der Waals surface area contributed by atoms with Crippen molar-refractivity contribution in [2.24, 2.45) is 5.92 Å². The molecule has 0 bridgehead atoms. The van der Waals surface area contributed by atoms with E-state index in [0.29, 0.717) is 12.5 Å². The molecule has 0 aromatic heterocycles. The van der Waals surface area contributed by atoms with E-state index < -0.39 is 0 Å². The molecule has 1 aliphatic carbocycles. The standard InChI is InChI=1S/C12H16N2O3/c15-12-5-10(6-12)8-13-7-9-2-1-3-11(4-9)14(16)17/h1-4,10,12-13,15H,5-8H2. The van der Waals surface area contributed by atoms with E-state index in [4.69, 9.17) is 5.11 Å². The zero-order valence-electron chi connectivity index (χ0n) is 9.50. The van der Waals surface area contributed by atoms with Crippen LogP contribution in [0.3, 0.4) is 0 Å². The lowest BCUT2D eigenvalue weighted by atomic mass is 9.82. The lowest BCUT2D eigenvalue weighted by molar-refractivity contribution is -0.384. The highest BCUT2D eigenvalue weighted by molar-refractivity contribution is 5.34. The summed E-state index contributed by atoms with van der Waals surface area (Å²) in [6.07, 6.45) is 1.60. The topological polar surface area (TPSA) is 75.4 Å². The third-order valence-corrected chi connectivity index (χ3v) is 3.09. The van der Waals surface area contributed by atoms with E-state index in [1.54, 1.807) is 12.1 Å². The maximum Gasteiger partial charge on any atom is 0.269 e. The molecule has 1 aromatic carbocycles. The van der Waals surface area contributed by atoms with Crippen LogP contribution in [0.5, 0.6) is 0 Å². The van der Waals surface area contributed by atoms with E-state index in [1.807, 2.05) is 6.07 Å². The third kappa shape index (κ3) is 3.25. The Morgan fingerprint density at radius 3 is 2.88 bits per heavy atom. The molecule has 5 nitrogen and oxygen atoms in total. The zero-order valence-corrected chi connectivity index (χ0v) is 9.50. The number of non-ortho nitro benzene ring substituents is 1. The highest BCUT2D eigenvalue weighted by Crippen LogP contribution is 2.26. The van der Waals surface area contributed by atoms with Crippen LogP contribution in [-0.2, 0) is 6.54 Å². The smallest absolute Gasteiger partial charge is 0.269 e. The molecular weight excluding hydrogens is 220 g/mol. The Kier molecular flexibility index (Phi) is 3.71. The average Bonchev–Trinajstić information content (AvgIpc) is 2.27. The van der Waals surface area contributed by atoms with Crippen LogP contribution in [0.1, 0.15) is 18.4 Å². The first-order valence-electron chi connectivity index (χ1n) is 5.77. The minimum Gasteiger partial charge on any atom is -0.393 e. The maximum atomic E-state index is 10.6. The predicted octanol–water partition coefficient (Wildman–Crippen LogP) is 1.46. The Balaban J connectivity index is 1.78. The second-order valence-electron chi connectivity index (χ2n) is 4.55. The summed E-state index contributed by atoms with van der Waals surface area (Å²) in [6, 6.07) is 6.65. The van der Waals surface area contributed by atoms with Gasteiger partial charge in [-0.05, 0) is 30.9 Å². The van der Waals surface area contributed by atoms with Crippen LogP contribution in [0.2, 0.25) is 0 Å². The Hall–Kier alpha value is -1.46. The van der Waals surface area contributed by atoms with Crippen molar-refractivity contribution in [2.75, 3.05) is 6.54 Å². The van der Waals surface area contributed by atoms with Crippen molar-refractivity contribution in [1.82, 2.24) is 5.32 Å². The monoisotopic (exact) mass is 236 g/mol. The second-order valence-corrected chi connectivity index (χ2v) is 4.55. The molecule has 0 amide bonds. The van der Waals surface area contributed by atoms with Gasteiger partial charge in [0.25, 0.3) is 5.69 Å². The number of nitro groups is 1. The maximum absolute atomic E-state index is 10.6. The summed E-state index contributed by atoms with van der Waals surface area (Å²) in [5.74, 6) is 0.545. The molecule has 2 rings (SSSR count). The van der Waals surface area contributed by atoms with Crippen LogP contribution in [0.15, 0.2) is 24.3 Å². The highest BCUT2D eigenvalue weighted by Gasteiger charge is 2.26. The lowest BCUT2D eigenvalue weighted by Gasteiger charge is -2.31.